The van der Waals surface area contributed by atoms with Crippen LogP contribution >= 0.6 is 0 Å². The maximum atomic E-state index is 11.5. The van der Waals surface area contributed by atoms with Crippen LogP contribution in [0.15, 0.2) is 0 Å². The highest BCUT2D eigenvalue weighted by molar-refractivity contribution is 5.78. The van der Waals surface area contributed by atoms with Gasteiger partial charge in [-0.3, -0.25) is 0 Å². The molecule has 2 fully saturated rings. The number of hydrogen-bond acceptors (Lipinski definition) is 2. The van der Waals surface area contributed by atoms with Crippen molar-refractivity contribution in [3.63, 3.8) is 0 Å². The summed E-state index contributed by atoms with van der Waals surface area (Å²) in [5, 5.41) is 8.74. The Morgan fingerprint density at radius 3 is 2.57 bits per heavy atom. The Morgan fingerprint density at radius 2 is 2.07 bits per heavy atom. The van der Waals surface area contributed by atoms with E-state index in [1.165, 1.54) is 30.6 Å². The summed E-state index contributed by atoms with van der Waals surface area (Å²) in [5.41, 5.74) is 0. The van der Waals surface area contributed by atoms with Crippen LogP contribution in [-0.4, -0.2) is 35.5 Å². The molecule has 2 rings (SSSR count). The molecule has 1 saturated carbocycles. The lowest BCUT2D eigenvalue weighted by molar-refractivity contribution is 0.196. The molecular formula is C10H15N3O. The highest BCUT2D eigenvalue weighted by atomic mass is 16.2. The number of rotatable bonds is 1. The lowest BCUT2D eigenvalue weighted by Crippen LogP contribution is -2.34. The van der Waals surface area contributed by atoms with Crippen molar-refractivity contribution >= 4 is 6.03 Å². The predicted octanol–water partition coefficient (Wildman–Crippen LogP) is 1.39. The Balaban J connectivity index is 2.07. The van der Waals surface area contributed by atoms with E-state index in [0.29, 0.717) is 12.5 Å². The van der Waals surface area contributed by atoms with Gasteiger partial charge in [-0.05, 0) is 18.8 Å². The Kier molecular flexibility index (Phi) is 2.32. The van der Waals surface area contributed by atoms with Crippen LogP contribution in [0.5, 0.6) is 0 Å². The van der Waals surface area contributed by atoms with Gasteiger partial charge in [0.05, 0.1) is 12.6 Å². The summed E-state index contributed by atoms with van der Waals surface area (Å²) >= 11 is 0. The molecule has 1 saturated heterocycles. The van der Waals surface area contributed by atoms with Gasteiger partial charge in [-0.1, -0.05) is 12.8 Å². The van der Waals surface area contributed by atoms with Gasteiger partial charge >= 0.3 is 6.03 Å². The summed E-state index contributed by atoms with van der Waals surface area (Å²) in [6.07, 6.45) is 6.91. The second-order valence-electron chi connectivity index (χ2n) is 4.22. The first kappa shape index (κ1) is 9.32. The Hall–Kier alpha value is -1.24. The fourth-order valence-electron chi connectivity index (χ4n) is 2.61. The van der Waals surface area contributed by atoms with Gasteiger partial charge in [-0.15, -0.1) is 0 Å². The van der Waals surface area contributed by atoms with E-state index in [1.54, 1.807) is 4.90 Å². The van der Waals surface area contributed by atoms with Crippen LogP contribution in [0.25, 0.3) is 0 Å². The highest BCUT2D eigenvalue weighted by Crippen LogP contribution is 2.32. The zero-order valence-electron chi connectivity index (χ0n) is 8.44. The van der Waals surface area contributed by atoms with E-state index >= 15 is 0 Å². The number of nitrogens with zero attached hydrogens (tertiary/aromatic N) is 3. The lowest BCUT2D eigenvalue weighted by atomic mass is 9.98. The minimum absolute atomic E-state index is 0.135. The molecule has 1 heterocycles. The van der Waals surface area contributed by atoms with Crippen molar-refractivity contribution in [2.75, 3.05) is 13.6 Å². The predicted molar refractivity (Wildman–Crippen MR) is 51.2 cm³/mol. The van der Waals surface area contributed by atoms with Gasteiger partial charge < -0.3 is 4.90 Å². The molecule has 2 amide bonds. The summed E-state index contributed by atoms with van der Waals surface area (Å²) in [5.74, 6) is 0.613. The molecule has 2 aliphatic rings. The van der Waals surface area contributed by atoms with Gasteiger partial charge in [0.1, 0.15) is 0 Å². The molecule has 14 heavy (non-hydrogen) atoms. The van der Waals surface area contributed by atoms with E-state index in [4.69, 9.17) is 5.26 Å². The topological polar surface area (TPSA) is 47.3 Å². The average molecular weight is 193 g/mol. The zero-order chi connectivity index (χ0) is 10.1. The summed E-state index contributed by atoms with van der Waals surface area (Å²) < 4.78 is 0. The minimum atomic E-state index is -0.135. The molecule has 1 unspecified atom stereocenters. The second-order valence-corrected chi connectivity index (χ2v) is 4.22. The standard InChI is InChI=1S/C10H15N3O/c1-12-9(8-4-2-3-5-8)6-13(7-11)10(12)14/h8-9H,2-6H2,1H3. The first-order valence-electron chi connectivity index (χ1n) is 5.18. The molecule has 1 aliphatic heterocycles. The molecule has 0 aromatic rings. The first-order chi connectivity index (χ1) is 6.74. The van der Waals surface area contributed by atoms with Crippen LogP contribution in [0.4, 0.5) is 4.79 Å². The van der Waals surface area contributed by atoms with Crippen LogP contribution in [0.3, 0.4) is 0 Å². The van der Waals surface area contributed by atoms with Gasteiger partial charge in [0.25, 0.3) is 0 Å². The molecule has 76 valence electrons. The molecule has 4 nitrogen and oxygen atoms in total. The smallest absolute Gasteiger partial charge is 0.322 e. The number of hydrogen-bond donors (Lipinski definition) is 0. The van der Waals surface area contributed by atoms with Crippen molar-refractivity contribution in [3.05, 3.63) is 0 Å². The molecule has 0 aromatic carbocycles. The molecule has 0 bridgehead atoms. The largest absolute Gasteiger partial charge is 0.333 e. The fraction of sp³-hybridized carbons (Fsp3) is 0.800. The zero-order valence-corrected chi connectivity index (χ0v) is 8.44. The molecular weight excluding hydrogens is 178 g/mol. The van der Waals surface area contributed by atoms with E-state index in [1.807, 2.05) is 13.2 Å². The van der Waals surface area contributed by atoms with Gasteiger partial charge in [0, 0.05) is 7.05 Å². The van der Waals surface area contributed by atoms with E-state index in [0.717, 1.165) is 0 Å². The van der Waals surface area contributed by atoms with E-state index < -0.39 is 0 Å². The van der Waals surface area contributed by atoms with E-state index in [-0.39, 0.29) is 12.1 Å². The van der Waals surface area contributed by atoms with Crippen molar-refractivity contribution in [1.82, 2.24) is 9.80 Å². The van der Waals surface area contributed by atoms with E-state index in [9.17, 15) is 4.79 Å². The molecule has 0 radical (unpaired) electrons. The number of urea groups is 1. The second kappa shape index (κ2) is 3.49. The van der Waals surface area contributed by atoms with Crippen LogP contribution in [0, 0.1) is 17.4 Å². The van der Waals surface area contributed by atoms with Crippen LogP contribution < -0.4 is 0 Å². The van der Waals surface area contributed by atoms with Crippen LogP contribution in [0.1, 0.15) is 25.7 Å². The maximum absolute atomic E-state index is 11.5. The van der Waals surface area contributed by atoms with Gasteiger partial charge in [0.2, 0.25) is 0 Å². The quantitative estimate of drug-likeness (QED) is 0.591. The summed E-state index contributed by atoms with van der Waals surface area (Å²) in [6, 6.07) is 0.133. The highest BCUT2D eigenvalue weighted by Gasteiger charge is 2.40. The molecule has 0 spiro atoms. The lowest BCUT2D eigenvalue weighted by Gasteiger charge is -2.23. The minimum Gasteiger partial charge on any atom is -0.322 e. The van der Waals surface area contributed by atoms with Crippen molar-refractivity contribution in [3.8, 4) is 6.19 Å². The Bertz CT molecular complexity index is 278. The third-order valence-electron chi connectivity index (χ3n) is 3.46. The third-order valence-corrected chi connectivity index (χ3v) is 3.46. The summed E-state index contributed by atoms with van der Waals surface area (Å²) in [6.45, 7) is 0.594. The monoisotopic (exact) mass is 193 g/mol. The number of likely N-dealkylation sites (N-methyl/N-ethyl adjacent to an activating group) is 1. The molecule has 0 N–H and O–H groups in total. The third kappa shape index (κ3) is 1.33. The number of carbonyl (C=O) groups is 1. The maximum Gasteiger partial charge on any atom is 0.333 e. The summed E-state index contributed by atoms with van der Waals surface area (Å²) in [7, 11) is 1.81. The molecule has 4 heteroatoms. The molecule has 0 aromatic heterocycles. The average Bonchev–Trinajstić information content (AvgIpc) is 2.78. The van der Waals surface area contributed by atoms with Gasteiger partial charge in [-0.2, -0.15) is 5.26 Å². The number of amides is 2. The van der Waals surface area contributed by atoms with Crippen LogP contribution in [0.2, 0.25) is 0 Å². The van der Waals surface area contributed by atoms with Crippen molar-refractivity contribution in [2.45, 2.75) is 31.7 Å². The Morgan fingerprint density at radius 1 is 1.43 bits per heavy atom. The van der Waals surface area contributed by atoms with Crippen molar-refractivity contribution < 1.29 is 4.79 Å². The van der Waals surface area contributed by atoms with Crippen molar-refractivity contribution in [1.29, 1.82) is 5.26 Å². The number of nitriles is 1. The van der Waals surface area contributed by atoms with Crippen molar-refractivity contribution in [2.24, 2.45) is 5.92 Å². The SMILES string of the molecule is CN1C(=O)N(C#N)CC1C1CCCC1. The molecule has 1 atom stereocenters. The fourth-order valence-corrected chi connectivity index (χ4v) is 2.61. The van der Waals surface area contributed by atoms with Crippen LogP contribution in [-0.2, 0) is 0 Å². The number of carbonyl (C=O) groups excluding carboxylic acids is 1. The van der Waals surface area contributed by atoms with E-state index in [2.05, 4.69) is 0 Å². The van der Waals surface area contributed by atoms with Gasteiger partial charge in [0.15, 0.2) is 6.19 Å². The first-order valence-corrected chi connectivity index (χ1v) is 5.18. The normalized spacial score (nSPS) is 28.6. The molecule has 1 aliphatic carbocycles. The summed E-state index contributed by atoms with van der Waals surface area (Å²) in [4.78, 5) is 14.5. The van der Waals surface area contributed by atoms with Gasteiger partial charge in [-0.25, -0.2) is 9.69 Å². The Labute approximate surface area is 84.1 Å².